The first-order valence-corrected chi connectivity index (χ1v) is 6.07. The van der Waals surface area contributed by atoms with Crippen LogP contribution in [0.5, 0.6) is 0 Å². The summed E-state index contributed by atoms with van der Waals surface area (Å²) < 4.78 is 0. The van der Waals surface area contributed by atoms with E-state index in [1.807, 2.05) is 19.1 Å². The summed E-state index contributed by atoms with van der Waals surface area (Å²) in [6.07, 6.45) is 5.72. The predicted molar refractivity (Wildman–Crippen MR) is 67.3 cm³/mol. The van der Waals surface area contributed by atoms with E-state index in [9.17, 15) is 4.79 Å². The van der Waals surface area contributed by atoms with Crippen molar-refractivity contribution in [2.24, 2.45) is 0 Å². The van der Waals surface area contributed by atoms with Crippen molar-refractivity contribution in [1.29, 1.82) is 0 Å². The first-order chi connectivity index (χ1) is 8.75. The molecule has 18 heavy (non-hydrogen) atoms. The zero-order valence-electron chi connectivity index (χ0n) is 10.2. The van der Waals surface area contributed by atoms with E-state index in [-0.39, 0.29) is 5.78 Å². The molecule has 2 heterocycles. The fourth-order valence-electron chi connectivity index (χ4n) is 2.23. The van der Waals surface area contributed by atoms with Gasteiger partial charge in [-0.15, -0.1) is 0 Å². The SMILES string of the molecule is Cc1cccnc1-c1ncc2c(n1)CCCC2=O. The summed E-state index contributed by atoms with van der Waals surface area (Å²) in [5.41, 5.74) is 3.37. The zero-order chi connectivity index (χ0) is 12.5. The van der Waals surface area contributed by atoms with Gasteiger partial charge in [-0.05, 0) is 31.4 Å². The second-order valence-electron chi connectivity index (χ2n) is 4.50. The van der Waals surface area contributed by atoms with Crippen LogP contribution in [0.15, 0.2) is 24.5 Å². The molecule has 0 N–H and O–H groups in total. The number of carbonyl (C=O) groups excluding carboxylic acids is 1. The van der Waals surface area contributed by atoms with Crippen molar-refractivity contribution in [3.05, 3.63) is 41.3 Å². The van der Waals surface area contributed by atoms with E-state index in [2.05, 4.69) is 15.0 Å². The number of rotatable bonds is 1. The average Bonchev–Trinajstić information content (AvgIpc) is 2.39. The number of pyridine rings is 1. The molecule has 0 aliphatic heterocycles. The second kappa shape index (κ2) is 4.29. The van der Waals surface area contributed by atoms with Crippen molar-refractivity contribution < 1.29 is 4.79 Å². The van der Waals surface area contributed by atoms with Crippen molar-refractivity contribution in [2.45, 2.75) is 26.2 Å². The van der Waals surface area contributed by atoms with Crippen LogP contribution in [0.4, 0.5) is 0 Å². The lowest BCUT2D eigenvalue weighted by molar-refractivity contribution is 0.0971. The fraction of sp³-hybridized carbons (Fsp3) is 0.286. The van der Waals surface area contributed by atoms with Gasteiger partial charge in [-0.3, -0.25) is 9.78 Å². The number of Topliss-reactive ketones (excluding diaryl/α,β-unsaturated/α-hetero) is 1. The average molecular weight is 239 g/mol. The molecule has 0 unspecified atom stereocenters. The quantitative estimate of drug-likeness (QED) is 0.766. The summed E-state index contributed by atoms with van der Waals surface area (Å²) in [5.74, 6) is 0.766. The van der Waals surface area contributed by atoms with Crippen LogP contribution < -0.4 is 0 Å². The molecule has 0 fully saturated rings. The molecule has 3 rings (SSSR count). The van der Waals surface area contributed by atoms with Gasteiger partial charge in [0.15, 0.2) is 11.6 Å². The Bertz CT molecular complexity index is 622. The van der Waals surface area contributed by atoms with E-state index in [0.717, 1.165) is 29.8 Å². The molecule has 0 aromatic carbocycles. The van der Waals surface area contributed by atoms with Crippen molar-refractivity contribution in [2.75, 3.05) is 0 Å². The molecular formula is C14H13N3O. The molecular weight excluding hydrogens is 226 g/mol. The summed E-state index contributed by atoms with van der Waals surface area (Å²) in [6.45, 7) is 1.98. The Morgan fingerprint density at radius 2 is 2.11 bits per heavy atom. The van der Waals surface area contributed by atoms with Crippen molar-refractivity contribution in [3.63, 3.8) is 0 Å². The third-order valence-corrected chi connectivity index (χ3v) is 3.21. The molecule has 4 nitrogen and oxygen atoms in total. The highest BCUT2D eigenvalue weighted by Gasteiger charge is 2.20. The van der Waals surface area contributed by atoms with E-state index in [1.165, 1.54) is 0 Å². The van der Waals surface area contributed by atoms with Gasteiger partial charge in [-0.2, -0.15) is 0 Å². The van der Waals surface area contributed by atoms with Crippen LogP contribution >= 0.6 is 0 Å². The smallest absolute Gasteiger partial charge is 0.178 e. The third kappa shape index (κ3) is 1.79. The topological polar surface area (TPSA) is 55.7 Å². The minimum absolute atomic E-state index is 0.153. The molecule has 0 amide bonds. The molecule has 0 radical (unpaired) electrons. The maximum absolute atomic E-state index is 11.7. The van der Waals surface area contributed by atoms with Crippen LogP contribution in [-0.2, 0) is 6.42 Å². The molecule has 0 saturated carbocycles. The van der Waals surface area contributed by atoms with Crippen LogP contribution in [0, 0.1) is 6.92 Å². The summed E-state index contributed by atoms with van der Waals surface area (Å²) in [5, 5.41) is 0. The molecule has 1 aliphatic rings. The number of hydrogen-bond acceptors (Lipinski definition) is 4. The van der Waals surface area contributed by atoms with Gasteiger partial charge in [0.05, 0.1) is 11.3 Å². The first kappa shape index (κ1) is 11.0. The standard InChI is InChI=1S/C14H13N3O/c1-9-4-3-7-15-13(9)14-16-8-10-11(17-14)5-2-6-12(10)18/h3-4,7-8H,2,5-6H2,1H3. The fourth-order valence-corrected chi connectivity index (χ4v) is 2.23. The Balaban J connectivity index is 2.10. The molecule has 2 aromatic rings. The van der Waals surface area contributed by atoms with Crippen molar-refractivity contribution in [3.8, 4) is 11.5 Å². The number of ketones is 1. The van der Waals surface area contributed by atoms with Crippen molar-refractivity contribution in [1.82, 2.24) is 15.0 Å². The minimum Gasteiger partial charge on any atom is -0.294 e. The monoisotopic (exact) mass is 239 g/mol. The third-order valence-electron chi connectivity index (χ3n) is 3.21. The number of aromatic nitrogens is 3. The number of aryl methyl sites for hydroxylation is 2. The number of hydrogen-bond donors (Lipinski definition) is 0. The summed E-state index contributed by atoms with van der Waals surface area (Å²) >= 11 is 0. The van der Waals surface area contributed by atoms with Gasteiger partial charge < -0.3 is 0 Å². The van der Waals surface area contributed by atoms with Crippen LogP contribution in [0.25, 0.3) is 11.5 Å². The Morgan fingerprint density at radius 1 is 1.22 bits per heavy atom. The number of carbonyl (C=O) groups is 1. The van der Waals surface area contributed by atoms with Gasteiger partial charge >= 0.3 is 0 Å². The highest BCUT2D eigenvalue weighted by Crippen LogP contribution is 2.22. The predicted octanol–water partition coefficient (Wildman–Crippen LogP) is 2.37. The van der Waals surface area contributed by atoms with Crippen LogP contribution in [0.3, 0.4) is 0 Å². The van der Waals surface area contributed by atoms with Gasteiger partial charge in [0.25, 0.3) is 0 Å². The maximum Gasteiger partial charge on any atom is 0.178 e. The first-order valence-electron chi connectivity index (χ1n) is 6.07. The highest BCUT2D eigenvalue weighted by atomic mass is 16.1. The van der Waals surface area contributed by atoms with Gasteiger partial charge in [-0.1, -0.05) is 6.07 Å². The summed E-state index contributed by atoms with van der Waals surface area (Å²) in [6, 6.07) is 3.87. The van der Waals surface area contributed by atoms with Crippen LogP contribution in [-0.4, -0.2) is 20.7 Å². The Hall–Kier alpha value is -2.10. The molecule has 0 bridgehead atoms. The molecule has 0 saturated heterocycles. The zero-order valence-corrected chi connectivity index (χ0v) is 10.2. The van der Waals surface area contributed by atoms with E-state index in [4.69, 9.17) is 0 Å². The highest BCUT2D eigenvalue weighted by molar-refractivity contribution is 5.97. The van der Waals surface area contributed by atoms with E-state index >= 15 is 0 Å². The Kier molecular flexibility index (Phi) is 2.63. The van der Waals surface area contributed by atoms with Crippen molar-refractivity contribution >= 4 is 5.78 Å². The van der Waals surface area contributed by atoms with Gasteiger partial charge in [0.1, 0.15) is 5.69 Å². The largest absolute Gasteiger partial charge is 0.294 e. The molecule has 0 spiro atoms. The van der Waals surface area contributed by atoms with E-state index in [0.29, 0.717) is 17.8 Å². The normalized spacial score (nSPS) is 14.4. The Morgan fingerprint density at radius 3 is 2.94 bits per heavy atom. The lowest BCUT2D eigenvalue weighted by Gasteiger charge is -2.14. The molecule has 2 aromatic heterocycles. The maximum atomic E-state index is 11.7. The van der Waals surface area contributed by atoms with E-state index < -0.39 is 0 Å². The van der Waals surface area contributed by atoms with Gasteiger partial charge in [-0.25, -0.2) is 9.97 Å². The second-order valence-corrected chi connectivity index (χ2v) is 4.50. The lowest BCUT2D eigenvalue weighted by Crippen LogP contribution is -2.14. The Labute approximate surface area is 105 Å². The molecule has 1 aliphatic carbocycles. The van der Waals surface area contributed by atoms with Gasteiger partial charge in [0, 0.05) is 18.8 Å². The lowest BCUT2D eigenvalue weighted by atomic mass is 9.96. The molecule has 4 heteroatoms. The number of nitrogens with zero attached hydrogens (tertiary/aromatic N) is 3. The minimum atomic E-state index is 0.153. The van der Waals surface area contributed by atoms with Gasteiger partial charge in [0.2, 0.25) is 0 Å². The van der Waals surface area contributed by atoms with E-state index in [1.54, 1.807) is 12.4 Å². The number of fused-ring (bicyclic) bond motifs is 1. The summed E-state index contributed by atoms with van der Waals surface area (Å²) in [4.78, 5) is 24.8. The van der Waals surface area contributed by atoms with Crippen LogP contribution in [0.1, 0.15) is 34.5 Å². The van der Waals surface area contributed by atoms with Crippen LogP contribution in [0.2, 0.25) is 0 Å². The summed E-state index contributed by atoms with van der Waals surface area (Å²) in [7, 11) is 0. The molecule has 0 atom stereocenters. The molecule has 90 valence electrons.